The molecule has 0 amide bonds. The van der Waals surface area contributed by atoms with Gasteiger partial charge in [0.05, 0.1) is 12.5 Å². The van der Waals surface area contributed by atoms with Gasteiger partial charge in [-0.2, -0.15) is 0 Å². The van der Waals surface area contributed by atoms with Crippen molar-refractivity contribution in [3.8, 4) is 0 Å². The number of fused-ring (bicyclic) bond motifs is 2. The Morgan fingerprint density at radius 1 is 1.00 bits per heavy atom. The maximum Gasteiger partial charge on any atom is 0.0851 e. The number of rotatable bonds is 1. The quantitative estimate of drug-likeness (QED) is 0.818. The standard InChI is InChI=1S/C15H15NS/c16-9-14-12-6-2-1-5-11(12)10-17-15-8-4-3-7-13(14)15/h1-8,14H,9-10,16H2/p+1/t14-/m1/s1. The summed E-state index contributed by atoms with van der Waals surface area (Å²) in [5.41, 5.74) is 8.50. The van der Waals surface area contributed by atoms with Gasteiger partial charge in [-0.15, -0.1) is 11.8 Å². The van der Waals surface area contributed by atoms with Crippen LogP contribution in [0.1, 0.15) is 22.6 Å². The van der Waals surface area contributed by atoms with Gasteiger partial charge in [-0.05, 0) is 22.8 Å². The normalized spacial score (nSPS) is 18.1. The molecule has 17 heavy (non-hydrogen) atoms. The van der Waals surface area contributed by atoms with Crippen molar-refractivity contribution in [1.82, 2.24) is 0 Å². The zero-order valence-corrected chi connectivity index (χ0v) is 10.5. The minimum atomic E-state index is 0.456. The number of quaternary nitrogens is 1. The Hall–Kier alpha value is -1.25. The molecule has 3 rings (SSSR count). The van der Waals surface area contributed by atoms with E-state index < -0.39 is 0 Å². The molecular weight excluding hydrogens is 226 g/mol. The summed E-state index contributed by atoms with van der Waals surface area (Å²) in [5.74, 6) is 1.53. The van der Waals surface area contributed by atoms with Crippen LogP contribution in [0.25, 0.3) is 0 Å². The fourth-order valence-electron chi connectivity index (χ4n) is 2.54. The summed E-state index contributed by atoms with van der Waals surface area (Å²) in [6, 6.07) is 17.5. The number of hydrogen-bond acceptors (Lipinski definition) is 1. The maximum atomic E-state index is 4.14. The third-order valence-corrected chi connectivity index (χ3v) is 4.53. The summed E-state index contributed by atoms with van der Waals surface area (Å²) < 4.78 is 0. The highest BCUT2D eigenvalue weighted by atomic mass is 32.2. The molecule has 1 heterocycles. The van der Waals surface area contributed by atoms with Gasteiger partial charge in [-0.3, -0.25) is 0 Å². The Morgan fingerprint density at radius 3 is 2.53 bits per heavy atom. The predicted octanol–water partition coefficient (Wildman–Crippen LogP) is 2.67. The van der Waals surface area contributed by atoms with Crippen LogP contribution < -0.4 is 5.73 Å². The lowest BCUT2D eigenvalue weighted by atomic mass is 9.89. The summed E-state index contributed by atoms with van der Waals surface area (Å²) >= 11 is 1.94. The van der Waals surface area contributed by atoms with E-state index in [1.165, 1.54) is 21.6 Å². The van der Waals surface area contributed by atoms with Gasteiger partial charge in [-0.25, -0.2) is 0 Å². The van der Waals surface area contributed by atoms with E-state index in [0.717, 1.165) is 12.3 Å². The van der Waals surface area contributed by atoms with E-state index in [1.807, 2.05) is 11.8 Å². The Morgan fingerprint density at radius 2 is 1.71 bits per heavy atom. The van der Waals surface area contributed by atoms with Crippen LogP contribution in [0.2, 0.25) is 0 Å². The first kappa shape index (κ1) is 10.9. The fraction of sp³-hybridized carbons (Fsp3) is 0.200. The van der Waals surface area contributed by atoms with Gasteiger partial charge in [0.2, 0.25) is 0 Å². The topological polar surface area (TPSA) is 27.6 Å². The molecule has 1 atom stereocenters. The lowest BCUT2D eigenvalue weighted by Crippen LogP contribution is -2.53. The molecule has 1 aliphatic rings. The van der Waals surface area contributed by atoms with Crippen LogP contribution in [0.3, 0.4) is 0 Å². The van der Waals surface area contributed by atoms with Crippen molar-refractivity contribution in [3.05, 3.63) is 65.2 Å². The molecule has 2 heteroatoms. The van der Waals surface area contributed by atoms with Gasteiger partial charge < -0.3 is 5.73 Å². The third-order valence-electron chi connectivity index (χ3n) is 3.40. The van der Waals surface area contributed by atoms with E-state index >= 15 is 0 Å². The van der Waals surface area contributed by atoms with Gasteiger partial charge in [0.1, 0.15) is 0 Å². The summed E-state index contributed by atoms with van der Waals surface area (Å²) in [5, 5.41) is 0. The molecule has 0 aromatic heterocycles. The maximum absolute atomic E-state index is 4.14. The summed E-state index contributed by atoms with van der Waals surface area (Å²) in [4.78, 5) is 1.41. The van der Waals surface area contributed by atoms with Crippen molar-refractivity contribution in [2.45, 2.75) is 16.6 Å². The number of benzene rings is 2. The van der Waals surface area contributed by atoms with Gasteiger partial charge in [0.15, 0.2) is 0 Å². The van der Waals surface area contributed by atoms with Gasteiger partial charge in [0.25, 0.3) is 0 Å². The lowest BCUT2D eigenvalue weighted by molar-refractivity contribution is -0.370. The predicted molar refractivity (Wildman–Crippen MR) is 72.0 cm³/mol. The highest BCUT2D eigenvalue weighted by molar-refractivity contribution is 7.98. The minimum Gasteiger partial charge on any atom is -0.357 e. The monoisotopic (exact) mass is 242 g/mol. The van der Waals surface area contributed by atoms with Crippen LogP contribution in [0.15, 0.2) is 53.4 Å². The smallest absolute Gasteiger partial charge is 0.0851 e. The first-order chi connectivity index (χ1) is 8.40. The Kier molecular flexibility index (Phi) is 2.91. The van der Waals surface area contributed by atoms with E-state index in [0.29, 0.717) is 5.92 Å². The number of hydrogen-bond donors (Lipinski definition) is 1. The Balaban J connectivity index is 2.19. The van der Waals surface area contributed by atoms with Gasteiger partial charge >= 0.3 is 0 Å². The van der Waals surface area contributed by atoms with Gasteiger partial charge in [0, 0.05) is 10.6 Å². The largest absolute Gasteiger partial charge is 0.357 e. The summed E-state index contributed by atoms with van der Waals surface area (Å²) in [6.07, 6.45) is 0. The van der Waals surface area contributed by atoms with Gasteiger partial charge in [-0.1, -0.05) is 42.5 Å². The van der Waals surface area contributed by atoms with Crippen LogP contribution in [-0.2, 0) is 5.75 Å². The van der Waals surface area contributed by atoms with Crippen molar-refractivity contribution in [2.24, 2.45) is 0 Å². The molecule has 3 N–H and O–H groups in total. The molecule has 86 valence electrons. The minimum absolute atomic E-state index is 0.456. The van der Waals surface area contributed by atoms with Crippen molar-refractivity contribution < 1.29 is 5.73 Å². The van der Waals surface area contributed by atoms with E-state index in [9.17, 15) is 0 Å². The molecule has 0 saturated heterocycles. The molecule has 2 aromatic rings. The molecule has 0 spiro atoms. The second kappa shape index (κ2) is 4.55. The summed E-state index contributed by atoms with van der Waals surface area (Å²) in [7, 11) is 0. The van der Waals surface area contributed by atoms with Crippen molar-refractivity contribution in [1.29, 1.82) is 0 Å². The van der Waals surface area contributed by atoms with Crippen LogP contribution >= 0.6 is 11.8 Å². The van der Waals surface area contributed by atoms with Crippen LogP contribution in [-0.4, -0.2) is 6.54 Å². The fourth-order valence-corrected chi connectivity index (χ4v) is 3.67. The van der Waals surface area contributed by atoms with Crippen molar-refractivity contribution in [2.75, 3.05) is 6.54 Å². The van der Waals surface area contributed by atoms with Crippen LogP contribution in [0.4, 0.5) is 0 Å². The molecule has 0 aliphatic carbocycles. The molecule has 1 nitrogen and oxygen atoms in total. The van der Waals surface area contributed by atoms with Crippen LogP contribution in [0, 0.1) is 0 Å². The van der Waals surface area contributed by atoms with Crippen molar-refractivity contribution >= 4 is 11.8 Å². The van der Waals surface area contributed by atoms with E-state index in [1.54, 1.807) is 0 Å². The van der Waals surface area contributed by atoms with Crippen LogP contribution in [0.5, 0.6) is 0 Å². The SMILES string of the molecule is [NH3+]C[C@@H]1c2ccccc2CSc2ccccc21. The highest BCUT2D eigenvalue weighted by Crippen LogP contribution is 2.39. The average molecular weight is 242 g/mol. The Labute approximate surface area is 106 Å². The molecule has 0 radical (unpaired) electrons. The van der Waals surface area contributed by atoms with E-state index in [-0.39, 0.29) is 0 Å². The molecule has 2 aromatic carbocycles. The zero-order valence-electron chi connectivity index (χ0n) is 9.73. The third kappa shape index (κ3) is 1.88. The molecule has 0 saturated carbocycles. The first-order valence-corrected chi connectivity index (χ1v) is 6.97. The summed E-state index contributed by atoms with van der Waals surface area (Å²) in [6.45, 7) is 0.925. The van der Waals surface area contributed by atoms with E-state index in [4.69, 9.17) is 0 Å². The second-order valence-electron chi connectivity index (χ2n) is 4.37. The van der Waals surface area contributed by atoms with Crippen molar-refractivity contribution in [3.63, 3.8) is 0 Å². The molecule has 0 bridgehead atoms. The molecule has 1 aliphatic heterocycles. The first-order valence-electron chi connectivity index (χ1n) is 5.99. The molecule has 0 fully saturated rings. The highest BCUT2D eigenvalue weighted by Gasteiger charge is 2.23. The lowest BCUT2D eigenvalue weighted by Gasteiger charge is -2.15. The van der Waals surface area contributed by atoms with E-state index in [2.05, 4.69) is 54.3 Å². The Bertz CT molecular complexity index is 488. The second-order valence-corrected chi connectivity index (χ2v) is 5.38. The molecular formula is C15H16NS+. The number of thioether (sulfide) groups is 1. The average Bonchev–Trinajstić information content (AvgIpc) is 2.55. The molecule has 0 unspecified atom stereocenters. The zero-order chi connectivity index (χ0) is 11.7.